The first kappa shape index (κ1) is 21.0. The molecule has 1 amide bonds. The minimum absolute atomic E-state index is 0.00394. The minimum atomic E-state index is -0.753. The summed E-state index contributed by atoms with van der Waals surface area (Å²) < 4.78 is 30.2. The van der Waals surface area contributed by atoms with E-state index in [1.807, 2.05) is 0 Å². The number of benzene rings is 1. The summed E-state index contributed by atoms with van der Waals surface area (Å²) in [6, 6.07) is 6.87. The lowest BCUT2D eigenvalue weighted by molar-refractivity contribution is 0.0958. The third-order valence-electron chi connectivity index (χ3n) is 5.87. The van der Waals surface area contributed by atoms with Gasteiger partial charge in [-0.1, -0.05) is 6.07 Å². The van der Waals surface area contributed by atoms with Gasteiger partial charge in [-0.15, -0.1) is 0 Å². The number of aromatic nitrogens is 4. The van der Waals surface area contributed by atoms with E-state index >= 15 is 4.39 Å². The standard InChI is InChI=1S/C22H21F2N7O2/c1-25-21(32)16-4-3-13(8-26-16)28-14-6-7-30(11-14)10-12-2-5-17-19(18(12)24)29-22(33)20-15(23)9-27-31(17)20/h2-5,8-9,14,28H,6-7,10-11H2,1H3,(H,25,32)(H,29,33)/t14-/m1/s1. The molecule has 11 heteroatoms. The molecule has 0 aliphatic carbocycles. The topological polar surface area (TPSA) is 107 Å². The summed E-state index contributed by atoms with van der Waals surface area (Å²) in [4.78, 5) is 32.5. The minimum Gasteiger partial charge on any atom is -0.380 e. The summed E-state index contributed by atoms with van der Waals surface area (Å²) in [5.41, 5.74) is 0.918. The van der Waals surface area contributed by atoms with Crippen molar-refractivity contribution >= 4 is 28.1 Å². The molecule has 1 fully saturated rings. The number of rotatable bonds is 5. The lowest BCUT2D eigenvalue weighted by Crippen LogP contribution is -2.26. The lowest BCUT2D eigenvalue weighted by atomic mass is 10.1. The number of anilines is 1. The zero-order valence-electron chi connectivity index (χ0n) is 17.7. The van der Waals surface area contributed by atoms with Crippen LogP contribution in [0.2, 0.25) is 0 Å². The smallest absolute Gasteiger partial charge is 0.277 e. The second-order valence-corrected chi connectivity index (χ2v) is 8.02. The van der Waals surface area contributed by atoms with Gasteiger partial charge in [0, 0.05) is 38.3 Å². The van der Waals surface area contributed by atoms with Gasteiger partial charge in [0.25, 0.3) is 11.5 Å². The molecule has 1 saturated heterocycles. The molecule has 1 aromatic carbocycles. The Morgan fingerprint density at radius 1 is 1.24 bits per heavy atom. The van der Waals surface area contributed by atoms with Crippen molar-refractivity contribution in [2.24, 2.45) is 0 Å². The number of pyridine rings is 1. The number of carbonyl (C=O) groups is 1. The molecule has 0 bridgehead atoms. The van der Waals surface area contributed by atoms with Gasteiger partial charge >= 0.3 is 0 Å². The van der Waals surface area contributed by atoms with Crippen molar-refractivity contribution in [2.75, 3.05) is 25.5 Å². The number of halogens is 2. The molecule has 3 aromatic heterocycles. The SMILES string of the molecule is CNC(=O)c1ccc(N[C@@H]2CCN(Cc3ccc4c([nH]c(=O)c5c(F)cnn54)c3F)C2)cn1. The van der Waals surface area contributed by atoms with Gasteiger partial charge in [0.2, 0.25) is 0 Å². The zero-order chi connectivity index (χ0) is 23.1. The Hall–Kier alpha value is -3.86. The van der Waals surface area contributed by atoms with Crippen LogP contribution in [0.15, 0.2) is 41.5 Å². The van der Waals surface area contributed by atoms with Crippen LogP contribution in [-0.4, -0.2) is 56.6 Å². The Morgan fingerprint density at radius 2 is 2.09 bits per heavy atom. The van der Waals surface area contributed by atoms with Gasteiger partial charge in [-0.3, -0.25) is 14.5 Å². The lowest BCUT2D eigenvalue weighted by Gasteiger charge is -2.18. The predicted molar refractivity (Wildman–Crippen MR) is 118 cm³/mol. The summed E-state index contributed by atoms with van der Waals surface area (Å²) in [6.07, 6.45) is 3.41. The normalized spacial score (nSPS) is 16.5. The molecule has 4 heterocycles. The van der Waals surface area contributed by atoms with E-state index in [1.165, 1.54) is 0 Å². The summed E-state index contributed by atoms with van der Waals surface area (Å²) in [6.45, 7) is 1.81. The molecule has 1 aliphatic rings. The van der Waals surface area contributed by atoms with E-state index in [4.69, 9.17) is 0 Å². The quantitative estimate of drug-likeness (QED) is 0.426. The highest BCUT2D eigenvalue weighted by Crippen LogP contribution is 2.23. The molecule has 1 aliphatic heterocycles. The molecule has 0 saturated carbocycles. The second-order valence-electron chi connectivity index (χ2n) is 8.02. The van der Waals surface area contributed by atoms with E-state index in [1.54, 1.807) is 37.5 Å². The monoisotopic (exact) mass is 453 g/mol. The van der Waals surface area contributed by atoms with Crippen LogP contribution in [0.1, 0.15) is 22.5 Å². The van der Waals surface area contributed by atoms with Crippen molar-refractivity contribution in [3.8, 4) is 0 Å². The maximum atomic E-state index is 15.2. The number of carbonyl (C=O) groups excluding carboxylic acids is 1. The molecule has 0 radical (unpaired) electrons. The Morgan fingerprint density at radius 3 is 2.85 bits per heavy atom. The number of hydrogen-bond acceptors (Lipinski definition) is 6. The van der Waals surface area contributed by atoms with Crippen molar-refractivity contribution in [1.82, 2.24) is 29.8 Å². The fourth-order valence-electron chi connectivity index (χ4n) is 4.23. The predicted octanol–water partition coefficient (Wildman–Crippen LogP) is 1.89. The Bertz CT molecular complexity index is 1410. The number of aromatic amines is 1. The molecular weight excluding hydrogens is 432 g/mol. The number of nitrogens with zero attached hydrogens (tertiary/aromatic N) is 4. The van der Waals surface area contributed by atoms with E-state index in [2.05, 4.69) is 30.6 Å². The fraction of sp³-hybridized carbons (Fsp3) is 0.273. The van der Waals surface area contributed by atoms with Gasteiger partial charge in [0.15, 0.2) is 17.2 Å². The Balaban J connectivity index is 1.30. The molecular formula is C22H21F2N7O2. The molecule has 5 rings (SSSR count). The van der Waals surface area contributed by atoms with Crippen molar-refractivity contribution < 1.29 is 13.6 Å². The van der Waals surface area contributed by atoms with E-state index < -0.39 is 17.2 Å². The molecule has 0 spiro atoms. The summed E-state index contributed by atoms with van der Waals surface area (Å²) >= 11 is 0. The molecule has 9 nitrogen and oxygen atoms in total. The van der Waals surface area contributed by atoms with Crippen LogP contribution < -0.4 is 16.2 Å². The number of fused-ring (bicyclic) bond motifs is 3. The first-order chi connectivity index (χ1) is 15.9. The average molecular weight is 453 g/mol. The molecule has 1 atom stereocenters. The van der Waals surface area contributed by atoms with Gasteiger partial charge in [-0.2, -0.15) is 5.10 Å². The third-order valence-corrected chi connectivity index (χ3v) is 5.87. The number of H-pyrrole nitrogens is 1. The van der Waals surface area contributed by atoms with Crippen LogP contribution in [0.25, 0.3) is 16.6 Å². The maximum absolute atomic E-state index is 15.2. The highest BCUT2D eigenvalue weighted by Gasteiger charge is 2.24. The third kappa shape index (κ3) is 3.80. The molecule has 170 valence electrons. The molecule has 3 N–H and O–H groups in total. The molecule has 4 aromatic rings. The summed E-state index contributed by atoms with van der Waals surface area (Å²) in [5.74, 6) is -1.55. The van der Waals surface area contributed by atoms with Crippen molar-refractivity contribution in [3.63, 3.8) is 0 Å². The van der Waals surface area contributed by atoms with Gasteiger partial charge in [-0.25, -0.2) is 18.3 Å². The largest absolute Gasteiger partial charge is 0.380 e. The number of likely N-dealkylation sites (tertiary alicyclic amines) is 1. The van der Waals surface area contributed by atoms with Gasteiger partial charge in [0.1, 0.15) is 11.2 Å². The molecule has 33 heavy (non-hydrogen) atoms. The van der Waals surface area contributed by atoms with Crippen LogP contribution in [0, 0.1) is 11.6 Å². The van der Waals surface area contributed by atoms with E-state index in [0.29, 0.717) is 29.9 Å². The maximum Gasteiger partial charge on any atom is 0.277 e. The zero-order valence-corrected chi connectivity index (χ0v) is 17.7. The van der Waals surface area contributed by atoms with Crippen molar-refractivity contribution in [2.45, 2.75) is 19.0 Å². The van der Waals surface area contributed by atoms with Crippen LogP contribution >= 0.6 is 0 Å². The average Bonchev–Trinajstić information content (AvgIpc) is 3.43. The second kappa shape index (κ2) is 8.24. The van der Waals surface area contributed by atoms with Crippen LogP contribution in [0.4, 0.5) is 14.5 Å². The van der Waals surface area contributed by atoms with Crippen LogP contribution in [0.5, 0.6) is 0 Å². The van der Waals surface area contributed by atoms with Crippen LogP contribution in [0.3, 0.4) is 0 Å². The highest BCUT2D eigenvalue weighted by molar-refractivity contribution is 5.92. The number of nitrogens with one attached hydrogen (secondary N) is 3. The van der Waals surface area contributed by atoms with Crippen molar-refractivity contribution in [3.05, 3.63) is 69.9 Å². The van der Waals surface area contributed by atoms with Gasteiger partial charge in [0.05, 0.1) is 23.6 Å². The summed E-state index contributed by atoms with van der Waals surface area (Å²) in [7, 11) is 1.55. The van der Waals surface area contributed by atoms with E-state index in [0.717, 1.165) is 29.4 Å². The number of hydrogen-bond donors (Lipinski definition) is 3. The number of amides is 1. The van der Waals surface area contributed by atoms with E-state index in [9.17, 15) is 14.0 Å². The fourth-order valence-corrected chi connectivity index (χ4v) is 4.23. The first-order valence-electron chi connectivity index (χ1n) is 10.5. The first-order valence-corrected chi connectivity index (χ1v) is 10.5. The van der Waals surface area contributed by atoms with E-state index in [-0.39, 0.29) is 23.0 Å². The summed E-state index contributed by atoms with van der Waals surface area (Å²) in [5, 5.41) is 9.78. The van der Waals surface area contributed by atoms with Gasteiger partial charge < -0.3 is 15.6 Å². The van der Waals surface area contributed by atoms with Crippen LogP contribution in [-0.2, 0) is 6.54 Å². The van der Waals surface area contributed by atoms with Crippen molar-refractivity contribution in [1.29, 1.82) is 0 Å². The Kier molecular flexibility index (Phi) is 5.25. The Labute approximate surface area is 186 Å². The van der Waals surface area contributed by atoms with Gasteiger partial charge in [-0.05, 0) is 24.6 Å². The molecule has 0 unspecified atom stereocenters. The highest BCUT2D eigenvalue weighted by atomic mass is 19.1.